The van der Waals surface area contributed by atoms with Gasteiger partial charge in [0.25, 0.3) is 0 Å². The fourth-order valence-electron chi connectivity index (χ4n) is 2.44. The van der Waals surface area contributed by atoms with Crippen LogP contribution in [0.15, 0.2) is 0 Å². The van der Waals surface area contributed by atoms with Gasteiger partial charge in [0.1, 0.15) is 0 Å². The van der Waals surface area contributed by atoms with E-state index in [1.165, 1.54) is 0 Å². The van der Waals surface area contributed by atoms with Crippen LogP contribution in [0.4, 0.5) is 0 Å². The summed E-state index contributed by atoms with van der Waals surface area (Å²) in [5.74, 6) is 1.30. The average molecular weight is 283 g/mol. The second-order valence-corrected chi connectivity index (χ2v) is 7.18. The minimum absolute atomic E-state index is 0. The molecule has 2 fully saturated rings. The number of sulfonamides is 1. The Bertz CT molecular complexity index is 328. The number of piperidine rings is 1. The highest BCUT2D eigenvalue weighted by atomic mass is 35.5. The summed E-state index contributed by atoms with van der Waals surface area (Å²) in [7, 11) is -2.98. The predicted molar refractivity (Wildman–Crippen MR) is 71.7 cm³/mol. The van der Waals surface area contributed by atoms with Crippen LogP contribution in [0.2, 0.25) is 0 Å². The second kappa shape index (κ2) is 6.36. The Morgan fingerprint density at radius 1 is 1.18 bits per heavy atom. The maximum absolute atomic E-state index is 12.1. The van der Waals surface area contributed by atoms with Crippen LogP contribution in [0.1, 0.15) is 32.1 Å². The molecular formula is C11H23ClN2O2S. The number of nitrogens with zero attached hydrogens (tertiary/aromatic N) is 1. The van der Waals surface area contributed by atoms with Crippen molar-refractivity contribution in [1.82, 2.24) is 4.31 Å². The highest BCUT2D eigenvalue weighted by Crippen LogP contribution is 2.32. The van der Waals surface area contributed by atoms with Crippen LogP contribution in [-0.2, 0) is 10.0 Å². The van der Waals surface area contributed by atoms with Crippen molar-refractivity contribution < 1.29 is 8.42 Å². The smallest absolute Gasteiger partial charge is 0.214 e. The summed E-state index contributed by atoms with van der Waals surface area (Å²) in [6, 6.07) is 0. The molecule has 0 radical (unpaired) electrons. The fourth-order valence-corrected chi connectivity index (χ4v) is 4.42. The summed E-state index contributed by atoms with van der Waals surface area (Å²) in [6.45, 7) is 2.09. The van der Waals surface area contributed by atoms with Gasteiger partial charge in [-0.05, 0) is 50.5 Å². The molecule has 1 heterocycles. The van der Waals surface area contributed by atoms with Crippen LogP contribution in [0, 0.1) is 11.8 Å². The molecule has 1 saturated carbocycles. The molecule has 2 N–H and O–H groups in total. The molecule has 0 bridgehead atoms. The Balaban J connectivity index is 0.00000144. The molecule has 4 nitrogen and oxygen atoms in total. The molecule has 1 aliphatic heterocycles. The van der Waals surface area contributed by atoms with Crippen LogP contribution < -0.4 is 5.73 Å². The minimum atomic E-state index is -2.98. The molecule has 1 atom stereocenters. The summed E-state index contributed by atoms with van der Waals surface area (Å²) in [5.41, 5.74) is 5.54. The quantitative estimate of drug-likeness (QED) is 0.824. The van der Waals surface area contributed by atoms with Gasteiger partial charge in [0.2, 0.25) is 10.0 Å². The van der Waals surface area contributed by atoms with E-state index in [-0.39, 0.29) is 12.4 Å². The zero-order valence-corrected chi connectivity index (χ0v) is 11.8. The van der Waals surface area contributed by atoms with Crippen LogP contribution in [0.5, 0.6) is 0 Å². The summed E-state index contributed by atoms with van der Waals surface area (Å²) in [4.78, 5) is 0. The van der Waals surface area contributed by atoms with E-state index in [1.54, 1.807) is 4.31 Å². The molecular weight excluding hydrogens is 260 g/mol. The molecule has 2 aliphatic rings. The van der Waals surface area contributed by atoms with Crippen molar-refractivity contribution >= 4 is 22.4 Å². The Morgan fingerprint density at radius 3 is 2.47 bits per heavy atom. The van der Waals surface area contributed by atoms with Gasteiger partial charge in [0.05, 0.1) is 5.75 Å². The van der Waals surface area contributed by atoms with E-state index in [0.717, 1.165) is 38.6 Å². The third-order valence-electron chi connectivity index (χ3n) is 3.59. The lowest BCUT2D eigenvalue weighted by Crippen LogP contribution is -2.41. The number of hydrogen-bond donors (Lipinski definition) is 1. The molecule has 0 spiro atoms. The van der Waals surface area contributed by atoms with Crippen LogP contribution in [0.25, 0.3) is 0 Å². The zero-order valence-electron chi connectivity index (χ0n) is 10.2. The average Bonchev–Trinajstić information content (AvgIpc) is 3.02. The number of rotatable bonds is 5. The number of hydrogen-bond acceptors (Lipinski definition) is 3. The van der Waals surface area contributed by atoms with Gasteiger partial charge >= 0.3 is 0 Å². The topological polar surface area (TPSA) is 63.4 Å². The van der Waals surface area contributed by atoms with Gasteiger partial charge in [0, 0.05) is 13.1 Å². The standard InChI is InChI=1S/C11H22N2O2S.ClH/c12-6-5-10-2-1-7-13(8-10)16(14,15)9-11-3-4-11;/h10-11H,1-9,12H2;1H. The van der Waals surface area contributed by atoms with E-state index in [9.17, 15) is 8.42 Å². The summed E-state index contributed by atoms with van der Waals surface area (Å²) < 4.78 is 25.9. The Morgan fingerprint density at radius 2 is 1.88 bits per heavy atom. The lowest BCUT2D eigenvalue weighted by Gasteiger charge is -2.31. The normalized spacial score (nSPS) is 26.5. The first-order chi connectivity index (χ1) is 7.62. The third-order valence-corrected chi connectivity index (χ3v) is 5.60. The zero-order chi connectivity index (χ0) is 11.6. The molecule has 0 aromatic rings. The molecule has 1 saturated heterocycles. The van der Waals surface area contributed by atoms with Crippen molar-refractivity contribution in [2.24, 2.45) is 17.6 Å². The van der Waals surface area contributed by atoms with Crippen molar-refractivity contribution in [3.8, 4) is 0 Å². The molecule has 1 aliphatic carbocycles. The molecule has 6 heteroatoms. The minimum Gasteiger partial charge on any atom is -0.330 e. The van der Waals surface area contributed by atoms with Gasteiger partial charge in [-0.3, -0.25) is 0 Å². The van der Waals surface area contributed by atoms with Crippen molar-refractivity contribution in [2.75, 3.05) is 25.4 Å². The Hall–Kier alpha value is 0.160. The van der Waals surface area contributed by atoms with Gasteiger partial charge in [0.15, 0.2) is 0 Å². The van der Waals surface area contributed by atoms with E-state index in [0.29, 0.717) is 30.7 Å². The van der Waals surface area contributed by atoms with Gasteiger partial charge < -0.3 is 5.73 Å². The van der Waals surface area contributed by atoms with E-state index in [4.69, 9.17) is 5.73 Å². The summed E-state index contributed by atoms with van der Waals surface area (Å²) >= 11 is 0. The van der Waals surface area contributed by atoms with Gasteiger partial charge in [-0.15, -0.1) is 12.4 Å². The van der Waals surface area contributed by atoms with Gasteiger partial charge in [-0.2, -0.15) is 0 Å². The summed E-state index contributed by atoms with van der Waals surface area (Å²) in [6.07, 6.45) is 5.27. The second-order valence-electron chi connectivity index (χ2n) is 5.17. The van der Waals surface area contributed by atoms with Crippen LogP contribution in [0.3, 0.4) is 0 Å². The van der Waals surface area contributed by atoms with Crippen molar-refractivity contribution in [3.63, 3.8) is 0 Å². The van der Waals surface area contributed by atoms with E-state index < -0.39 is 10.0 Å². The van der Waals surface area contributed by atoms with Gasteiger partial charge in [-0.1, -0.05) is 0 Å². The van der Waals surface area contributed by atoms with Crippen LogP contribution >= 0.6 is 12.4 Å². The molecule has 0 aromatic carbocycles. The number of nitrogens with two attached hydrogens (primary N) is 1. The predicted octanol–water partition coefficient (Wildman–Crippen LogP) is 1.21. The monoisotopic (exact) mass is 282 g/mol. The Labute approximate surface area is 110 Å². The molecule has 0 amide bonds. The van der Waals surface area contributed by atoms with E-state index >= 15 is 0 Å². The Kier molecular flexibility index (Phi) is 5.70. The number of halogens is 1. The van der Waals surface area contributed by atoms with Crippen molar-refractivity contribution in [2.45, 2.75) is 32.1 Å². The van der Waals surface area contributed by atoms with Gasteiger partial charge in [-0.25, -0.2) is 12.7 Å². The molecule has 1 unspecified atom stereocenters. The van der Waals surface area contributed by atoms with Crippen molar-refractivity contribution in [1.29, 1.82) is 0 Å². The summed E-state index contributed by atoms with van der Waals surface area (Å²) in [5, 5.41) is 0. The van der Waals surface area contributed by atoms with Crippen molar-refractivity contribution in [3.05, 3.63) is 0 Å². The van der Waals surface area contributed by atoms with Crippen LogP contribution in [-0.4, -0.2) is 38.1 Å². The first-order valence-electron chi connectivity index (χ1n) is 6.29. The largest absolute Gasteiger partial charge is 0.330 e. The lowest BCUT2D eigenvalue weighted by atomic mass is 9.96. The molecule has 17 heavy (non-hydrogen) atoms. The first kappa shape index (κ1) is 15.2. The first-order valence-corrected chi connectivity index (χ1v) is 7.90. The molecule has 0 aromatic heterocycles. The third kappa shape index (κ3) is 4.39. The maximum Gasteiger partial charge on any atom is 0.214 e. The van der Waals surface area contributed by atoms with E-state index in [2.05, 4.69) is 0 Å². The highest BCUT2D eigenvalue weighted by molar-refractivity contribution is 7.89. The molecule has 102 valence electrons. The lowest BCUT2D eigenvalue weighted by molar-refractivity contribution is 0.258. The fraction of sp³-hybridized carbons (Fsp3) is 1.00. The van der Waals surface area contributed by atoms with E-state index in [1.807, 2.05) is 0 Å². The highest BCUT2D eigenvalue weighted by Gasteiger charge is 2.34. The molecule has 2 rings (SSSR count). The SMILES string of the molecule is Cl.NCCC1CCCN(S(=O)(=O)CC2CC2)C1. The maximum atomic E-state index is 12.1.